The molecule has 0 aromatic heterocycles. The van der Waals surface area contributed by atoms with Gasteiger partial charge in [0, 0.05) is 13.3 Å². The summed E-state index contributed by atoms with van der Waals surface area (Å²) in [6.45, 7) is 0.560. The van der Waals surface area contributed by atoms with Crippen molar-refractivity contribution in [2.24, 2.45) is 5.10 Å². The van der Waals surface area contributed by atoms with E-state index < -0.39 is 12.7 Å². The van der Waals surface area contributed by atoms with Crippen LogP contribution in [0.2, 0.25) is 0 Å². The third-order valence-corrected chi connectivity index (χ3v) is 0.721. The fourth-order valence-electron chi connectivity index (χ4n) is 0.497. The first-order chi connectivity index (χ1) is 4.45. The minimum Gasteiger partial charge on any atom is -0.291 e. The molecule has 0 amide bonds. The highest BCUT2D eigenvalue weighted by Crippen LogP contribution is 2.15. The van der Waals surface area contributed by atoms with Gasteiger partial charge in [-0.3, -0.25) is 5.01 Å². The summed E-state index contributed by atoms with van der Waals surface area (Å²) in [5.41, 5.74) is 0. The third kappa shape index (κ3) is 5.40. The van der Waals surface area contributed by atoms with E-state index in [0.717, 1.165) is 5.01 Å². The molecule has 0 bridgehead atoms. The lowest BCUT2D eigenvalue weighted by Gasteiger charge is -2.14. The number of hydrogen-bond donors (Lipinski definition) is 0. The van der Waals surface area contributed by atoms with Crippen LogP contribution in [0.5, 0.6) is 0 Å². The van der Waals surface area contributed by atoms with Gasteiger partial charge in [-0.25, -0.2) is 0 Å². The molecular formula is C5H9F3N2. The standard InChI is InChI=1S/C5H9F3N2/c1-3-9-10(2)4-5(6,7)8/h3H,4H2,1-2H3/b9-3-. The molecule has 0 saturated heterocycles. The molecule has 5 heteroatoms. The van der Waals surface area contributed by atoms with E-state index in [0.29, 0.717) is 0 Å². The van der Waals surface area contributed by atoms with Crippen LogP contribution >= 0.6 is 0 Å². The molecule has 60 valence electrons. The minimum absolute atomic E-state index is 0.833. The quantitative estimate of drug-likeness (QED) is 0.434. The molecule has 0 aliphatic rings. The van der Waals surface area contributed by atoms with Gasteiger partial charge < -0.3 is 0 Å². The highest BCUT2D eigenvalue weighted by molar-refractivity contribution is 5.52. The van der Waals surface area contributed by atoms with Crippen LogP contribution in [0, 0.1) is 0 Å². The lowest BCUT2D eigenvalue weighted by Crippen LogP contribution is -2.27. The van der Waals surface area contributed by atoms with Crippen molar-refractivity contribution in [1.82, 2.24) is 5.01 Å². The van der Waals surface area contributed by atoms with E-state index in [1.807, 2.05) is 0 Å². The summed E-state index contributed by atoms with van der Waals surface area (Å²) in [5.74, 6) is 0. The smallest absolute Gasteiger partial charge is 0.291 e. The summed E-state index contributed by atoms with van der Waals surface area (Å²) in [5, 5.41) is 4.23. The predicted octanol–water partition coefficient (Wildman–Crippen LogP) is 1.49. The maximum atomic E-state index is 11.5. The summed E-state index contributed by atoms with van der Waals surface area (Å²) in [7, 11) is 1.27. The zero-order valence-electron chi connectivity index (χ0n) is 5.81. The third-order valence-electron chi connectivity index (χ3n) is 0.721. The number of alkyl halides is 3. The second kappa shape index (κ2) is 3.43. The van der Waals surface area contributed by atoms with Crippen LogP contribution < -0.4 is 0 Å². The molecule has 0 saturated carbocycles. The lowest BCUT2D eigenvalue weighted by atomic mass is 10.6. The Labute approximate surface area is 57.3 Å². The average Bonchev–Trinajstić information content (AvgIpc) is 1.59. The van der Waals surface area contributed by atoms with Crippen molar-refractivity contribution >= 4 is 6.21 Å². The topological polar surface area (TPSA) is 15.6 Å². The van der Waals surface area contributed by atoms with Crippen molar-refractivity contribution in [2.75, 3.05) is 13.6 Å². The Morgan fingerprint density at radius 3 is 2.30 bits per heavy atom. The van der Waals surface area contributed by atoms with Gasteiger partial charge >= 0.3 is 6.18 Å². The molecule has 0 unspecified atom stereocenters. The highest BCUT2D eigenvalue weighted by atomic mass is 19.4. The second-order valence-corrected chi connectivity index (χ2v) is 1.80. The van der Waals surface area contributed by atoms with Gasteiger partial charge in [-0.1, -0.05) is 0 Å². The zero-order chi connectivity index (χ0) is 8.20. The minimum atomic E-state index is -4.17. The SMILES string of the molecule is C/C=N\N(C)CC(F)(F)F. The summed E-state index contributed by atoms with van der Waals surface area (Å²) in [6.07, 6.45) is -2.85. The van der Waals surface area contributed by atoms with E-state index in [9.17, 15) is 13.2 Å². The molecule has 0 N–H and O–H groups in total. The van der Waals surface area contributed by atoms with Gasteiger partial charge in [0.05, 0.1) is 0 Å². The van der Waals surface area contributed by atoms with Crippen molar-refractivity contribution < 1.29 is 13.2 Å². The van der Waals surface area contributed by atoms with Gasteiger partial charge in [-0.05, 0) is 6.92 Å². The first kappa shape index (κ1) is 9.26. The molecule has 0 aliphatic heterocycles. The zero-order valence-corrected chi connectivity index (χ0v) is 5.81. The second-order valence-electron chi connectivity index (χ2n) is 1.80. The van der Waals surface area contributed by atoms with E-state index in [1.54, 1.807) is 6.92 Å². The van der Waals surface area contributed by atoms with Crippen LogP contribution in [-0.4, -0.2) is 31.0 Å². The first-order valence-corrected chi connectivity index (χ1v) is 2.72. The molecule has 2 nitrogen and oxygen atoms in total. The molecule has 10 heavy (non-hydrogen) atoms. The fraction of sp³-hybridized carbons (Fsp3) is 0.800. The molecular weight excluding hydrogens is 145 g/mol. The van der Waals surface area contributed by atoms with Gasteiger partial charge in [-0.2, -0.15) is 18.3 Å². The number of hydrazone groups is 1. The van der Waals surface area contributed by atoms with Crippen molar-refractivity contribution in [3.63, 3.8) is 0 Å². The van der Waals surface area contributed by atoms with E-state index in [2.05, 4.69) is 5.10 Å². The van der Waals surface area contributed by atoms with Crippen molar-refractivity contribution in [3.8, 4) is 0 Å². The van der Waals surface area contributed by atoms with Crippen LogP contribution in [0.4, 0.5) is 13.2 Å². The summed E-state index contributed by atoms with van der Waals surface area (Å²) >= 11 is 0. The molecule has 0 fully saturated rings. The lowest BCUT2D eigenvalue weighted by molar-refractivity contribution is -0.142. The molecule has 0 aromatic carbocycles. The summed E-state index contributed by atoms with van der Waals surface area (Å²) in [6, 6.07) is 0. The number of halogens is 3. The van der Waals surface area contributed by atoms with E-state index in [1.165, 1.54) is 13.3 Å². The Balaban J connectivity index is 3.68. The van der Waals surface area contributed by atoms with Crippen LogP contribution in [-0.2, 0) is 0 Å². The van der Waals surface area contributed by atoms with E-state index in [4.69, 9.17) is 0 Å². The Morgan fingerprint density at radius 1 is 1.50 bits per heavy atom. The number of rotatable bonds is 2. The average molecular weight is 154 g/mol. The number of hydrogen-bond acceptors (Lipinski definition) is 2. The number of nitrogens with zero attached hydrogens (tertiary/aromatic N) is 2. The van der Waals surface area contributed by atoms with Gasteiger partial charge in [0.15, 0.2) is 0 Å². The monoisotopic (exact) mass is 154 g/mol. The first-order valence-electron chi connectivity index (χ1n) is 2.72. The maximum Gasteiger partial charge on any atom is 0.407 e. The van der Waals surface area contributed by atoms with Crippen molar-refractivity contribution in [3.05, 3.63) is 0 Å². The Morgan fingerprint density at radius 2 is 2.00 bits per heavy atom. The molecule has 0 aromatic rings. The van der Waals surface area contributed by atoms with Crippen LogP contribution in [0.25, 0.3) is 0 Å². The molecule has 0 radical (unpaired) electrons. The Hall–Kier alpha value is -0.740. The van der Waals surface area contributed by atoms with Crippen molar-refractivity contribution in [1.29, 1.82) is 0 Å². The van der Waals surface area contributed by atoms with Crippen LogP contribution in [0.3, 0.4) is 0 Å². The molecule has 0 rings (SSSR count). The largest absolute Gasteiger partial charge is 0.407 e. The maximum absolute atomic E-state index is 11.5. The normalized spacial score (nSPS) is 12.5. The highest BCUT2D eigenvalue weighted by Gasteiger charge is 2.28. The van der Waals surface area contributed by atoms with E-state index >= 15 is 0 Å². The Kier molecular flexibility index (Phi) is 3.18. The molecule has 0 spiro atoms. The van der Waals surface area contributed by atoms with Gasteiger partial charge in [0.2, 0.25) is 0 Å². The van der Waals surface area contributed by atoms with Crippen LogP contribution in [0.1, 0.15) is 6.92 Å². The predicted molar refractivity (Wildman–Crippen MR) is 32.9 cm³/mol. The Bertz CT molecular complexity index is 119. The van der Waals surface area contributed by atoms with Gasteiger partial charge in [0.25, 0.3) is 0 Å². The van der Waals surface area contributed by atoms with E-state index in [-0.39, 0.29) is 0 Å². The van der Waals surface area contributed by atoms with Gasteiger partial charge in [-0.15, -0.1) is 0 Å². The van der Waals surface area contributed by atoms with Gasteiger partial charge in [0.1, 0.15) is 6.54 Å². The van der Waals surface area contributed by atoms with Crippen molar-refractivity contribution in [2.45, 2.75) is 13.1 Å². The fourth-order valence-corrected chi connectivity index (χ4v) is 0.497. The molecule has 0 heterocycles. The molecule has 0 aliphatic carbocycles. The van der Waals surface area contributed by atoms with Crippen LogP contribution in [0.15, 0.2) is 5.10 Å². The summed E-state index contributed by atoms with van der Waals surface area (Å²) in [4.78, 5) is 0. The molecule has 0 atom stereocenters. The summed E-state index contributed by atoms with van der Waals surface area (Å²) < 4.78 is 34.5.